The van der Waals surface area contributed by atoms with Gasteiger partial charge in [-0.1, -0.05) is 13.8 Å². The number of rotatable bonds is 10. The van der Waals surface area contributed by atoms with Crippen LogP contribution in [0.25, 0.3) is 0 Å². The van der Waals surface area contributed by atoms with E-state index >= 15 is 0 Å². The molecule has 0 aliphatic heterocycles. The van der Waals surface area contributed by atoms with Gasteiger partial charge in [0.1, 0.15) is 18.3 Å². The van der Waals surface area contributed by atoms with Gasteiger partial charge in [0.15, 0.2) is 11.9 Å². The minimum Gasteiger partial charge on any atom is -0.394 e. The number of carbonyl (C=O) groups excluding carboxylic acids is 1. The molecule has 21 heavy (non-hydrogen) atoms. The van der Waals surface area contributed by atoms with E-state index < -0.39 is 47.2 Å². The lowest BCUT2D eigenvalue weighted by Gasteiger charge is -2.27. The zero-order valence-corrected chi connectivity index (χ0v) is 12.6. The smallest absolute Gasteiger partial charge is 0.394 e. The minimum atomic E-state index is -5.05. The predicted octanol–water partition coefficient (Wildman–Crippen LogP) is -1.75. The molecule has 0 saturated heterocycles. The van der Waals surface area contributed by atoms with E-state index in [-0.39, 0.29) is 12.3 Å². The molecule has 0 aromatic rings. The topological polar surface area (TPSA) is 162 Å². The summed E-state index contributed by atoms with van der Waals surface area (Å²) in [5, 5.41) is 37.1. The third-order valence-electron chi connectivity index (χ3n) is 2.75. The fourth-order valence-electron chi connectivity index (χ4n) is 1.52. The molecule has 0 amide bonds. The van der Waals surface area contributed by atoms with Gasteiger partial charge in [-0.15, -0.1) is 0 Å². The maximum absolute atomic E-state index is 11.9. The monoisotopic (exact) mass is 330 g/mol. The van der Waals surface area contributed by atoms with E-state index in [0.717, 1.165) is 0 Å². The molecule has 126 valence electrons. The van der Waals surface area contributed by atoms with Gasteiger partial charge in [-0.05, 0) is 12.3 Å². The van der Waals surface area contributed by atoms with Crippen molar-refractivity contribution < 1.29 is 42.4 Å². The molecule has 0 unspecified atom stereocenters. The van der Waals surface area contributed by atoms with Crippen molar-refractivity contribution in [3.63, 3.8) is 0 Å². The molecule has 0 rings (SSSR count). The number of carbonyl (C=O) groups is 1. The summed E-state index contributed by atoms with van der Waals surface area (Å²) in [7, 11) is -5.05. The Labute approximate surface area is 123 Å². The summed E-state index contributed by atoms with van der Waals surface area (Å²) in [6, 6.07) is 0. The van der Waals surface area contributed by atoms with Crippen LogP contribution in [-0.4, -0.2) is 70.2 Å². The summed E-state index contributed by atoms with van der Waals surface area (Å²) in [5.41, 5.74) is 0. The van der Waals surface area contributed by atoms with Crippen LogP contribution < -0.4 is 0 Å². The summed E-state index contributed by atoms with van der Waals surface area (Å²) >= 11 is 0. The second-order valence-corrected chi connectivity index (χ2v) is 6.12. The van der Waals surface area contributed by atoms with Gasteiger partial charge in [-0.25, -0.2) is 4.18 Å². The molecule has 4 atom stereocenters. The SMILES string of the molecule is CC(C)CCC(=O)[C@H](OS(=O)(=O)O)[C@@H](O)[C@H](O)[C@H](O)CO. The highest BCUT2D eigenvalue weighted by Gasteiger charge is 2.38. The summed E-state index contributed by atoms with van der Waals surface area (Å²) in [6.45, 7) is 2.70. The Morgan fingerprint density at radius 2 is 1.67 bits per heavy atom. The van der Waals surface area contributed by atoms with Gasteiger partial charge in [0.25, 0.3) is 0 Å². The number of aliphatic hydroxyl groups is 4. The molecule has 0 heterocycles. The number of Topliss-reactive ketones (excluding diaryl/α,β-unsaturated/α-hetero) is 1. The first-order chi connectivity index (χ1) is 9.49. The maximum atomic E-state index is 11.9. The highest BCUT2D eigenvalue weighted by molar-refractivity contribution is 7.80. The standard InChI is InChI=1S/C11H22O9S/c1-6(2)3-4-7(13)11(20-21(17,18)19)10(16)9(15)8(14)5-12/h6,8-12,14-16H,3-5H2,1-2H3,(H,17,18,19)/t8-,9-,10+,11+/m1/s1. The highest BCUT2D eigenvalue weighted by Crippen LogP contribution is 2.15. The molecule has 0 radical (unpaired) electrons. The molecule has 0 saturated carbocycles. The molecule has 9 nitrogen and oxygen atoms in total. The van der Waals surface area contributed by atoms with Gasteiger partial charge in [-0.3, -0.25) is 9.35 Å². The normalized spacial score (nSPS) is 18.3. The Kier molecular flexibility index (Phi) is 8.48. The molecular weight excluding hydrogens is 308 g/mol. The van der Waals surface area contributed by atoms with Crippen molar-refractivity contribution in [2.75, 3.05) is 6.61 Å². The lowest BCUT2D eigenvalue weighted by molar-refractivity contribution is -0.144. The zero-order valence-electron chi connectivity index (χ0n) is 11.8. The maximum Gasteiger partial charge on any atom is 0.398 e. The van der Waals surface area contributed by atoms with Gasteiger partial charge in [-0.2, -0.15) is 8.42 Å². The summed E-state index contributed by atoms with van der Waals surface area (Å²) in [5.74, 6) is -0.747. The summed E-state index contributed by atoms with van der Waals surface area (Å²) in [6.07, 6.45) is -7.81. The van der Waals surface area contributed by atoms with Gasteiger partial charge in [0, 0.05) is 6.42 Å². The highest BCUT2D eigenvalue weighted by atomic mass is 32.3. The van der Waals surface area contributed by atoms with Crippen LogP contribution in [0.15, 0.2) is 0 Å². The van der Waals surface area contributed by atoms with Gasteiger partial charge in [0.2, 0.25) is 0 Å². The molecule has 0 spiro atoms. The van der Waals surface area contributed by atoms with Crippen molar-refractivity contribution >= 4 is 16.2 Å². The third kappa shape index (κ3) is 7.81. The second kappa shape index (κ2) is 8.73. The quantitative estimate of drug-likeness (QED) is 0.292. The van der Waals surface area contributed by atoms with Gasteiger partial charge in [0.05, 0.1) is 6.61 Å². The number of ketones is 1. The molecule has 0 aliphatic carbocycles. The van der Waals surface area contributed by atoms with E-state index in [1.165, 1.54) is 0 Å². The van der Waals surface area contributed by atoms with Crippen molar-refractivity contribution in [2.24, 2.45) is 5.92 Å². The fraction of sp³-hybridized carbons (Fsp3) is 0.909. The van der Waals surface area contributed by atoms with Crippen LogP contribution in [0.3, 0.4) is 0 Å². The van der Waals surface area contributed by atoms with E-state index in [4.69, 9.17) is 9.66 Å². The predicted molar refractivity (Wildman–Crippen MR) is 70.6 cm³/mol. The van der Waals surface area contributed by atoms with Crippen molar-refractivity contribution in [1.82, 2.24) is 0 Å². The molecular formula is C11H22O9S. The second-order valence-electron chi connectivity index (χ2n) is 5.07. The third-order valence-corrected chi connectivity index (χ3v) is 3.20. The Bertz CT molecular complexity index is 419. The zero-order chi connectivity index (χ0) is 16.8. The van der Waals surface area contributed by atoms with Crippen molar-refractivity contribution in [1.29, 1.82) is 0 Å². The van der Waals surface area contributed by atoms with Crippen LogP contribution in [0.2, 0.25) is 0 Å². The fourth-order valence-corrected chi connectivity index (χ4v) is 2.00. The number of hydrogen-bond donors (Lipinski definition) is 5. The number of aliphatic hydroxyl groups excluding tert-OH is 4. The van der Waals surface area contributed by atoms with Crippen molar-refractivity contribution in [3.05, 3.63) is 0 Å². The van der Waals surface area contributed by atoms with E-state index in [0.29, 0.717) is 6.42 Å². The van der Waals surface area contributed by atoms with Crippen LogP contribution in [0.4, 0.5) is 0 Å². The molecule has 0 fully saturated rings. The average Bonchev–Trinajstić information content (AvgIpc) is 2.38. The van der Waals surface area contributed by atoms with Crippen LogP contribution in [0.1, 0.15) is 26.7 Å². The largest absolute Gasteiger partial charge is 0.398 e. The molecule has 10 heteroatoms. The average molecular weight is 330 g/mol. The molecule has 0 bridgehead atoms. The Morgan fingerprint density at radius 3 is 2.05 bits per heavy atom. The van der Waals surface area contributed by atoms with Crippen LogP contribution in [0, 0.1) is 5.92 Å². The summed E-state index contributed by atoms with van der Waals surface area (Å²) < 4.78 is 34.2. The first-order valence-corrected chi connectivity index (χ1v) is 7.69. The minimum absolute atomic E-state index is 0.116. The molecule has 0 aromatic carbocycles. The molecule has 5 N–H and O–H groups in total. The Hall–Kier alpha value is -0.620. The van der Waals surface area contributed by atoms with E-state index in [2.05, 4.69) is 4.18 Å². The Morgan fingerprint density at radius 1 is 1.14 bits per heavy atom. The van der Waals surface area contributed by atoms with Gasteiger partial charge >= 0.3 is 10.4 Å². The number of hydrogen-bond acceptors (Lipinski definition) is 8. The van der Waals surface area contributed by atoms with E-state index in [9.17, 15) is 28.5 Å². The van der Waals surface area contributed by atoms with Crippen molar-refractivity contribution in [2.45, 2.75) is 51.1 Å². The lowest BCUT2D eigenvalue weighted by atomic mass is 9.96. The molecule has 0 aromatic heterocycles. The van der Waals surface area contributed by atoms with E-state index in [1.54, 1.807) is 0 Å². The van der Waals surface area contributed by atoms with E-state index in [1.807, 2.05) is 13.8 Å². The van der Waals surface area contributed by atoms with Crippen molar-refractivity contribution in [3.8, 4) is 0 Å². The molecule has 0 aliphatic rings. The Balaban J connectivity index is 5.08. The van der Waals surface area contributed by atoms with Gasteiger partial charge < -0.3 is 20.4 Å². The van der Waals surface area contributed by atoms with Crippen LogP contribution in [0.5, 0.6) is 0 Å². The van der Waals surface area contributed by atoms with Crippen LogP contribution in [-0.2, 0) is 19.4 Å². The van der Waals surface area contributed by atoms with Crippen LogP contribution >= 0.6 is 0 Å². The lowest BCUT2D eigenvalue weighted by Crippen LogP contribution is -2.50. The first-order valence-electron chi connectivity index (χ1n) is 6.33. The first kappa shape index (κ1) is 20.4. The summed E-state index contributed by atoms with van der Waals surface area (Å²) in [4.78, 5) is 11.9.